The number of hydrogen-bond donors (Lipinski definition) is 1. The van der Waals surface area contributed by atoms with E-state index in [1.165, 1.54) is 6.26 Å². The van der Waals surface area contributed by atoms with Gasteiger partial charge in [0.1, 0.15) is 9.84 Å². The SMILES string of the molecule is CS(=O)(=O)C1CCCC(C(N)c2ccoc2Br)C1. The van der Waals surface area contributed by atoms with Gasteiger partial charge in [-0.1, -0.05) is 6.42 Å². The predicted octanol–water partition coefficient (Wildman–Crippen LogP) is 2.65. The molecule has 1 fully saturated rings. The molecule has 3 atom stereocenters. The zero-order valence-electron chi connectivity index (χ0n) is 10.3. The second-order valence-electron chi connectivity index (χ2n) is 5.05. The lowest BCUT2D eigenvalue weighted by atomic mass is 9.82. The molecule has 6 heteroatoms. The molecular weight excluding hydrogens is 318 g/mol. The Morgan fingerprint density at radius 1 is 1.50 bits per heavy atom. The molecule has 0 aliphatic heterocycles. The summed E-state index contributed by atoms with van der Waals surface area (Å²) in [7, 11) is -2.96. The third-order valence-electron chi connectivity index (χ3n) is 3.79. The molecule has 0 aromatic carbocycles. The number of hydrogen-bond acceptors (Lipinski definition) is 4. The molecule has 1 aliphatic rings. The Balaban J connectivity index is 2.12. The zero-order valence-corrected chi connectivity index (χ0v) is 12.7. The molecule has 2 N–H and O–H groups in total. The second kappa shape index (κ2) is 5.35. The van der Waals surface area contributed by atoms with Gasteiger partial charge >= 0.3 is 0 Å². The molecule has 3 unspecified atom stereocenters. The average Bonchev–Trinajstić information content (AvgIpc) is 2.73. The van der Waals surface area contributed by atoms with Gasteiger partial charge < -0.3 is 10.2 Å². The lowest BCUT2D eigenvalue weighted by Crippen LogP contribution is -2.32. The Kier molecular flexibility index (Phi) is 4.18. The van der Waals surface area contributed by atoms with Gasteiger partial charge in [0.2, 0.25) is 0 Å². The number of furan rings is 1. The largest absolute Gasteiger partial charge is 0.457 e. The number of rotatable bonds is 3. The van der Waals surface area contributed by atoms with Crippen LogP contribution in [0, 0.1) is 5.92 Å². The van der Waals surface area contributed by atoms with Crippen molar-refractivity contribution in [3.63, 3.8) is 0 Å². The Morgan fingerprint density at radius 3 is 2.78 bits per heavy atom. The maximum absolute atomic E-state index is 11.6. The van der Waals surface area contributed by atoms with E-state index in [2.05, 4.69) is 15.9 Å². The van der Waals surface area contributed by atoms with Crippen LogP contribution < -0.4 is 5.73 Å². The van der Waals surface area contributed by atoms with E-state index < -0.39 is 9.84 Å². The molecule has 0 amide bonds. The van der Waals surface area contributed by atoms with Gasteiger partial charge in [0, 0.05) is 17.9 Å². The van der Waals surface area contributed by atoms with Crippen molar-refractivity contribution in [2.75, 3.05) is 6.26 Å². The van der Waals surface area contributed by atoms with Crippen LogP contribution in [0.3, 0.4) is 0 Å². The Morgan fingerprint density at radius 2 is 2.22 bits per heavy atom. The van der Waals surface area contributed by atoms with E-state index in [0.29, 0.717) is 11.1 Å². The van der Waals surface area contributed by atoms with Crippen LogP contribution in [0.5, 0.6) is 0 Å². The first-order valence-electron chi connectivity index (χ1n) is 6.07. The highest BCUT2D eigenvalue weighted by atomic mass is 79.9. The van der Waals surface area contributed by atoms with E-state index in [4.69, 9.17) is 10.2 Å². The standard InChI is InChI=1S/C12H18BrNO3S/c1-18(15,16)9-4-2-3-8(7-9)11(14)10-5-6-17-12(10)13/h5-6,8-9,11H,2-4,7,14H2,1H3. The summed E-state index contributed by atoms with van der Waals surface area (Å²) in [5.74, 6) is 0.201. The zero-order chi connectivity index (χ0) is 13.3. The minimum Gasteiger partial charge on any atom is -0.457 e. The second-order valence-corrected chi connectivity index (χ2v) is 8.10. The maximum Gasteiger partial charge on any atom is 0.173 e. The molecule has 1 aliphatic carbocycles. The first-order chi connectivity index (χ1) is 8.39. The maximum atomic E-state index is 11.6. The molecule has 0 saturated heterocycles. The fraction of sp³-hybridized carbons (Fsp3) is 0.667. The van der Waals surface area contributed by atoms with E-state index in [-0.39, 0.29) is 17.2 Å². The molecule has 1 saturated carbocycles. The van der Waals surface area contributed by atoms with Gasteiger partial charge in [-0.3, -0.25) is 0 Å². The number of nitrogens with two attached hydrogens (primary N) is 1. The summed E-state index contributed by atoms with van der Waals surface area (Å²) in [6, 6.07) is 1.68. The Hall–Kier alpha value is -0.330. The number of sulfone groups is 1. The van der Waals surface area contributed by atoms with Crippen molar-refractivity contribution in [1.82, 2.24) is 0 Å². The van der Waals surface area contributed by atoms with Crippen LogP contribution in [0.15, 0.2) is 21.4 Å². The summed E-state index contributed by atoms with van der Waals surface area (Å²) < 4.78 is 29.1. The van der Waals surface area contributed by atoms with Crippen LogP contribution in [0.2, 0.25) is 0 Å². The summed E-state index contributed by atoms with van der Waals surface area (Å²) in [5, 5.41) is -0.243. The van der Waals surface area contributed by atoms with Crippen LogP contribution in [-0.4, -0.2) is 19.9 Å². The van der Waals surface area contributed by atoms with Crippen molar-refractivity contribution in [2.45, 2.75) is 37.0 Å². The van der Waals surface area contributed by atoms with Crippen molar-refractivity contribution in [1.29, 1.82) is 0 Å². The smallest absolute Gasteiger partial charge is 0.173 e. The van der Waals surface area contributed by atoms with E-state index in [1.807, 2.05) is 6.07 Å². The first-order valence-corrected chi connectivity index (χ1v) is 8.81. The molecule has 0 spiro atoms. The van der Waals surface area contributed by atoms with Gasteiger partial charge in [0.15, 0.2) is 4.67 Å². The molecular formula is C12H18BrNO3S. The van der Waals surface area contributed by atoms with Crippen LogP contribution in [0.25, 0.3) is 0 Å². The normalized spacial score (nSPS) is 27.1. The molecule has 102 valence electrons. The Labute approximate surface area is 116 Å². The molecule has 0 bridgehead atoms. The summed E-state index contributed by atoms with van der Waals surface area (Å²) in [6.07, 6.45) is 6.22. The third kappa shape index (κ3) is 2.97. The summed E-state index contributed by atoms with van der Waals surface area (Å²) >= 11 is 3.32. The highest BCUT2D eigenvalue weighted by molar-refractivity contribution is 9.10. The molecule has 1 aromatic heterocycles. The van der Waals surface area contributed by atoms with Crippen molar-refractivity contribution >= 4 is 25.8 Å². The van der Waals surface area contributed by atoms with Gasteiger partial charge in [-0.05, 0) is 47.2 Å². The van der Waals surface area contributed by atoms with Crippen LogP contribution in [0.4, 0.5) is 0 Å². The van der Waals surface area contributed by atoms with Gasteiger partial charge in [0.05, 0.1) is 11.5 Å². The molecule has 18 heavy (non-hydrogen) atoms. The monoisotopic (exact) mass is 335 g/mol. The van der Waals surface area contributed by atoms with Crippen molar-refractivity contribution in [3.8, 4) is 0 Å². The molecule has 0 radical (unpaired) electrons. The topological polar surface area (TPSA) is 73.3 Å². The third-order valence-corrected chi connectivity index (χ3v) is 6.07. The fourth-order valence-corrected chi connectivity index (χ4v) is 4.39. The van der Waals surface area contributed by atoms with Gasteiger partial charge in [-0.15, -0.1) is 0 Å². The summed E-state index contributed by atoms with van der Waals surface area (Å²) in [6.45, 7) is 0. The Bertz CT molecular complexity index is 511. The predicted molar refractivity (Wildman–Crippen MR) is 73.9 cm³/mol. The lowest BCUT2D eigenvalue weighted by molar-refractivity contribution is 0.307. The minimum atomic E-state index is -2.96. The molecule has 1 aromatic rings. The quantitative estimate of drug-likeness (QED) is 0.921. The van der Waals surface area contributed by atoms with Crippen LogP contribution >= 0.6 is 15.9 Å². The van der Waals surface area contributed by atoms with Crippen molar-refractivity contribution in [3.05, 3.63) is 22.6 Å². The van der Waals surface area contributed by atoms with Crippen LogP contribution in [-0.2, 0) is 9.84 Å². The molecule has 2 rings (SSSR count). The summed E-state index contributed by atoms with van der Waals surface area (Å²) in [5.41, 5.74) is 7.16. The minimum absolute atomic E-state index is 0.164. The fourth-order valence-electron chi connectivity index (χ4n) is 2.69. The average molecular weight is 336 g/mol. The van der Waals surface area contributed by atoms with Crippen LogP contribution in [0.1, 0.15) is 37.3 Å². The van der Waals surface area contributed by atoms with Crippen molar-refractivity contribution in [2.24, 2.45) is 11.7 Å². The van der Waals surface area contributed by atoms with E-state index >= 15 is 0 Å². The summed E-state index contributed by atoms with van der Waals surface area (Å²) in [4.78, 5) is 0. The van der Waals surface area contributed by atoms with Gasteiger partial charge in [-0.25, -0.2) is 8.42 Å². The first kappa shape index (κ1) is 14.1. The lowest BCUT2D eigenvalue weighted by Gasteiger charge is -2.31. The molecule has 4 nitrogen and oxygen atoms in total. The van der Waals surface area contributed by atoms with Gasteiger partial charge in [-0.2, -0.15) is 0 Å². The van der Waals surface area contributed by atoms with E-state index in [9.17, 15) is 8.42 Å². The highest BCUT2D eigenvalue weighted by Crippen LogP contribution is 2.37. The van der Waals surface area contributed by atoms with E-state index in [0.717, 1.165) is 24.8 Å². The van der Waals surface area contributed by atoms with Crippen molar-refractivity contribution < 1.29 is 12.8 Å². The highest BCUT2D eigenvalue weighted by Gasteiger charge is 2.33. The molecule has 1 heterocycles. The van der Waals surface area contributed by atoms with Gasteiger partial charge in [0.25, 0.3) is 0 Å². The number of halogens is 1. The van der Waals surface area contributed by atoms with E-state index in [1.54, 1.807) is 6.26 Å².